The Bertz CT molecular complexity index is 1080. The number of rotatable bonds is 7. The number of fused-ring (bicyclic) bond motifs is 1. The molecule has 7 nitrogen and oxygen atoms in total. The summed E-state index contributed by atoms with van der Waals surface area (Å²) in [7, 11) is 1.81. The minimum Gasteiger partial charge on any atom is -0.494 e. The van der Waals surface area contributed by atoms with Crippen molar-refractivity contribution in [1.29, 1.82) is 0 Å². The van der Waals surface area contributed by atoms with Gasteiger partial charge in [-0.25, -0.2) is 0 Å². The van der Waals surface area contributed by atoms with E-state index in [9.17, 15) is 9.59 Å². The Labute approximate surface area is 170 Å². The molecule has 2 N–H and O–H groups in total. The first kappa shape index (κ1) is 20.6. The van der Waals surface area contributed by atoms with Crippen LogP contribution in [0.5, 0.6) is 5.75 Å². The molecule has 0 spiro atoms. The molecule has 1 aromatic carbocycles. The second-order valence-electron chi connectivity index (χ2n) is 7.28. The van der Waals surface area contributed by atoms with E-state index in [4.69, 9.17) is 4.74 Å². The first-order valence-electron chi connectivity index (χ1n) is 9.89. The molecular formula is C22H28N4O3. The van der Waals surface area contributed by atoms with Crippen molar-refractivity contribution in [2.24, 2.45) is 7.05 Å². The monoisotopic (exact) mass is 396 g/mol. The number of pyridine rings is 1. The van der Waals surface area contributed by atoms with E-state index >= 15 is 0 Å². The Morgan fingerprint density at radius 2 is 1.97 bits per heavy atom. The Morgan fingerprint density at radius 1 is 1.28 bits per heavy atom. The molecule has 0 bridgehead atoms. The molecule has 0 radical (unpaired) electrons. The summed E-state index contributed by atoms with van der Waals surface area (Å²) >= 11 is 0. The number of aromatic nitrogens is 3. The third-order valence-corrected chi connectivity index (χ3v) is 5.23. The number of hydrogen-bond acceptors (Lipinski definition) is 4. The number of aromatic amines is 1. The van der Waals surface area contributed by atoms with E-state index in [2.05, 4.69) is 15.4 Å². The van der Waals surface area contributed by atoms with Crippen molar-refractivity contribution >= 4 is 16.9 Å². The number of amides is 1. The molecule has 0 fully saturated rings. The summed E-state index contributed by atoms with van der Waals surface area (Å²) in [6.07, 6.45) is 0.628. The highest BCUT2D eigenvalue weighted by molar-refractivity contribution is 5.83. The molecule has 3 aromatic rings. The minimum atomic E-state index is -0.162. The molecule has 3 rings (SSSR count). The standard InChI is InChI=1S/C22H28N4O3/c1-6-29-17-9-7-16(8-10-17)14(3)23-19(27)12-11-18-13(2)20-15(4)25-26(5)21(20)24-22(18)28/h7-10,14H,6,11-12H2,1-5H3,(H,23,27)(H,24,28). The predicted octanol–water partition coefficient (Wildman–Crippen LogP) is 3.09. The normalized spacial score (nSPS) is 12.2. The first-order chi connectivity index (χ1) is 13.8. The molecule has 7 heteroatoms. The van der Waals surface area contributed by atoms with Gasteiger partial charge in [0.1, 0.15) is 11.4 Å². The molecule has 0 aliphatic rings. The number of nitrogens with zero attached hydrogens (tertiary/aromatic N) is 2. The van der Waals surface area contributed by atoms with Crippen molar-refractivity contribution in [3.8, 4) is 5.75 Å². The van der Waals surface area contributed by atoms with Gasteiger partial charge in [-0.2, -0.15) is 5.10 Å². The molecule has 2 heterocycles. The van der Waals surface area contributed by atoms with Gasteiger partial charge in [0.2, 0.25) is 5.91 Å². The molecule has 2 aromatic heterocycles. The van der Waals surface area contributed by atoms with Crippen molar-refractivity contribution in [3.63, 3.8) is 0 Å². The summed E-state index contributed by atoms with van der Waals surface area (Å²) < 4.78 is 7.12. The van der Waals surface area contributed by atoms with Gasteiger partial charge in [-0.3, -0.25) is 14.3 Å². The number of aryl methyl sites for hydroxylation is 3. The number of carbonyl (C=O) groups excluding carboxylic acids is 1. The molecule has 0 saturated carbocycles. The smallest absolute Gasteiger partial charge is 0.253 e. The minimum absolute atomic E-state index is 0.0896. The third kappa shape index (κ3) is 4.34. The first-order valence-corrected chi connectivity index (χ1v) is 9.89. The van der Waals surface area contributed by atoms with Crippen LogP contribution >= 0.6 is 0 Å². The van der Waals surface area contributed by atoms with E-state index in [0.717, 1.165) is 28.0 Å². The zero-order chi connectivity index (χ0) is 21.1. The number of carbonyl (C=O) groups is 1. The highest BCUT2D eigenvalue weighted by atomic mass is 16.5. The number of H-pyrrole nitrogens is 1. The van der Waals surface area contributed by atoms with Crippen LogP contribution in [0.1, 0.15) is 48.7 Å². The zero-order valence-electron chi connectivity index (χ0n) is 17.6. The van der Waals surface area contributed by atoms with E-state index in [1.165, 1.54) is 0 Å². The molecule has 1 amide bonds. The quantitative estimate of drug-likeness (QED) is 0.642. The second-order valence-corrected chi connectivity index (χ2v) is 7.28. The molecule has 0 aliphatic carbocycles. The van der Waals surface area contributed by atoms with Crippen LogP contribution in [0.2, 0.25) is 0 Å². The number of hydrogen-bond donors (Lipinski definition) is 2. The van der Waals surface area contributed by atoms with Crippen LogP contribution in [-0.2, 0) is 18.3 Å². The Balaban J connectivity index is 1.67. The molecule has 154 valence electrons. The Kier molecular flexibility index (Phi) is 6.06. The average molecular weight is 396 g/mol. The van der Waals surface area contributed by atoms with Gasteiger partial charge in [-0.15, -0.1) is 0 Å². The summed E-state index contributed by atoms with van der Waals surface area (Å²) in [5.74, 6) is 0.721. The summed E-state index contributed by atoms with van der Waals surface area (Å²) in [6, 6.07) is 7.57. The van der Waals surface area contributed by atoms with E-state index in [-0.39, 0.29) is 23.9 Å². The number of nitrogens with one attached hydrogen (secondary N) is 2. The van der Waals surface area contributed by atoms with Gasteiger partial charge in [-0.1, -0.05) is 12.1 Å². The maximum atomic E-state index is 12.5. The lowest BCUT2D eigenvalue weighted by molar-refractivity contribution is -0.121. The maximum absolute atomic E-state index is 12.5. The van der Waals surface area contributed by atoms with E-state index in [1.807, 2.05) is 52.0 Å². The van der Waals surface area contributed by atoms with Crippen LogP contribution < -0.4 is 15.6 Å². The lowest BCUT2D eigenvalue weighted by Gasteiger charge is -2.15. The molecule has 1 unspecified atom stereocenters. The second kappa shape index (κ2) is 8.51. The SMILES string of the molecule is CCOc1ccc(C(C)NC(=O)CCc2c(C)c3c(C)nn(C)c3[nH]c2=O)cc1. The van der Waals surface area contributed by atoms with Gasteiger partial charge in [0.15, 0.2) is 0 Å². The molecular weight excluding hydrogens is 368 g/mol. The van der Waals surface area contributed by atoms with Gasteiger partial charge >= 0.3 is 0 Å². The van der Waals surface area contributed by atoms with Crippen LogP contribution in [0.15, 0.2) is 29.1 Å². The Hall–Kier alpha value is -3.09. The van der Waals surface area contributed by atoms with Crippen LogP contribution in [0, 0.1) is 13.8 Å². The van der Waals surface area contributed by atoms with Crippen LogP contribution in [-0.4, -0.2) is 27.3 Å². The number of ether oxygens (including phenoxy) is 1. The lowest BCUT2D eigenvalue weighted by Crippen LogP contribution is -2.27. The average Bonchev–Trinajstić information content (AvgIpc) is 2.95. The summed E-state index contributed by atoms with van der Waals surface area (Å²) in [4.78, 5) is 27.9. The van der Waals surface area contributed by atoms with Crippen LogP contribution in [0.25, 0.3) is 11.0 Å². The zero-order valence-corrected chi connectivity index (χ0v) is 17.6. The van der Waals surface area contributed by atoms with Gasteiger partial charge in [0.25, 0.3) is 5.56 Å². The van der Waals surface area contributed by atoms with Crippen molar-refractivity contribution in [2.75, 3.05) is 6.61 Å². The van der Waals surface area contributed by atoms with Crippen molar-refractivity contribution in [1.82, 2.24) is 20.1 Å². The third-order valence-electron chi connectivity index (χ3n) is 5.23. The lowest BCUT2D eigenvalue weighted by atomic mass is 10.0. The highest BCUT2D eigenvalue weighted by Gasteiger charge is 2.16. The fourth-order valence-corrected chi connectivity index (χ4v) is 3.71. The molecule has 29 heavy (non-hydrogen) atoms. The Morgan fingerprint density at radius 3 is 2.62 bits per heavy atom. The number of benzene rings is 1. The molecule has 0 saturated heterocycles. The van der Waals surface area contributed by atoms with Gasteiger partial charge in [-0.05, 0) is 57.4 Å². The molecule has 0 aliphatic heterocycles. The van der Waals surface area contributed by atoms with Crippen LogP contribution in [0.4, 0.5) is 0 Å². The van der Waals surface area contributed by atoms with Crippen molar-refractivity contribution < 1.29 is 9.53 Å². The van der Waals surface area contributed by atoms with Crippen molar-refractivity contribution in [3.05, 3.63) is 57.0 Å². The molecule has 1 atom stereocenters. The maximum Gasteiger partial charge on any atom is 0.253 e. The summed E-state index contributed by atoms with van der Waals surface area (Å²) in [5.41, 5.74) is 3.95. The van der Waals surface area contributed by atoms with Crippen LogP contribution in [0.3, 0.4) is 0 Å². The van der Waals surface area contributed by atoms with Gasteiger partial charge in [0, 0.05) is 24.4 Å². The largest absolute Gasteiger partial charge is 0.494 e. The highest BCUT2D eigenvalue weighted by Crippen LogP contribution is 2.21. The van der Waals surface area contributed by atoms with Gasteiger partial charge < -0.3 is 15.0 Å². The van der Waals surface area contributed by atoms with E-state index < -0.39 is 0 Å². The summed E-state index contributed by atoms with van der Waals surface area (Å²) in [6.45, 7) is 8.34. The predicted molar refractivity (Wildman–Crippen MR) is 113 cm³/mol. The topological polar surface area (TPSA) is 89.0 Å². The van der Waals surface area contributed by atoms with Gasteiger partial charge in [0.05, 0.1) is 18.3 Å². The van der Waals surface area contributed by atoms with E-state index in [0.29, 0.717) is 24.2 Å². The van der Waals surface area contributed by atoms with E-state index in [1.54, 1.807) is 11.7 Å². The fraction of sp³-hybridized carbons (Fsp3) is 0.409. The fourth-order valence-electron chi connectivity index (χ4n) is 3.71. The van der Waals surface area contributed by atoms with Crippen molar-refractivity contribution in [2.45, 2.75) is 46.6 Å². The summed E-state index contributed by atoms with van der Waals surface area (Å²) in [5, 5.41) is 8.33.